The van der Waals surface area contributed by atoms with E-state index in [1.165, 1.54) is 0 Å². The van der Waals surface area contributed by atoms with Crippen LogP contribution in [0.15, 0.2) is 73.4 Å². The summed E-state index contributed by atoms with van der Waals surface area (Å²) in [5.41, 5.74) is 3.28. The zero-order valence-electron chi connectivity index (χ0n) is 13.5. The summed E-state index contributed by atoms with van der Waals surface area (Å²) in [6.07, 6.45) is 7.84. The van der Waals surface area contributed by atoms with Crippen LogP contribution in [-0.4, -0.2) is 31.4 Å². The van der Waals surface area contributed by atoms with E-state index in [9.17, 15) is 4.79 Å². The molecule has 1 N–H and O–H groups in total. The third-order valence-electron chi connectivity index (χ3n) is 3.99. The highest BCUT2D eigenvalue weighted by Gasteiger charge is 2.12. The average molecular weight is 331 g/mol. The molecule has 0 aliphatic rings. The Balaban J connectivity index is 1.42. The largest absolute Gasteiger partial charge is 0.350 e. The van der Waals surface area contributed by atoms with Crippen molar-refractivity contribution >= 4 is 11.6 Å². The highest BCUT2D eigenvalue weighted by molar-refractivity contribution is 5.93. The van der Waals surface area contributed by atoms with Crippen molar-refractivity contribution in [1.82, 2.24) is 24.3 Å². The van der Waals surface area contributed by atoms with Crippen LogP contribution in [-0.2, 0) is 6.42 Å². The first kappa shape index (κ1) is 15.1. The first-order chi connectivity index (χ1) is 12.3. The van der Waals surface area contributed by atoms with E-state index in [-0.39, 0.29) is 5.91 Å². The van der Waals surface area contributed by atoms with Gasteiger partial charge < -0.3 is 9.72 Å². The maximum Gasteiger partial charge on any atom is 0.269 e. The molecule has 0 atom stereocenters. The maximum absolute atomic E-state index is 12.5. The van der Waals surface area contributed by atoms with Gasteiger partial charge in [0, 0.05) is 31.0 Å². The van der Waals surface area contributed by atoms with Crippen LogP contribution in [0.3, 0.4) is 0 Å². The summed E-state index contributed by atoms with van der Waals surface area (Å²) in [6.45, 7) is 0.517. The van der Waals surface area contributed by atoms with Gasteiger partial charge >= 0.3 is 0 Å². The number of amides is 1. The Labute approximate surface area is 144 Å². The second-order valence-corrected chi connectivity index (χ2v) is 5.69. The fraction of sp³-hybridized carbons (Fsp3) is 0.105. The van der Waals surface area contributed by atoms with Crippen molar-refractivity contribution in [2.45, 2.75) is 6.42 Å². The molecule has 4 rings (SSSR count). The van der Waals surface area contributed by atoms with Crippen molar-refractivity contribution in [3.05, 3.63) is 84.8 Å². The molecule has 4 aromatic rings. The lowest BCUT2D eigenvalue weighted by atomic mass is 10.3. The fourth-order valence-electron chi connectivity index (χ4n) is 2.76. The SMILES string of the molecule is O=C(NCCc1cn2ccccc2n1)c1cncn1-c1ccccc1. The van der Waals surface area contributed by atoms with Crippen LogP contribution < -0.4 is 5.32 Å². The number of benzene rings is 1. The van der Waals surface area contributed by atoms with E-state index in [4.69, 9.17) is 0 Å². The smallest absolute Gasteiger partial charge is 0.269 e. The Morgan fingerprint density at radius 2 is 1.92 bits per heavy atom. The molecule has 3 heterocycles. The molecule has 0 aliphatic carbocycles. The minimum Gasteiger partial charge on any atom is -0.350 e. The second-order valence-electron chi connectivity index (χ2n) is 5.69. The lowest BCUT2D eigenvalue weighted by molar-refractivity contribution is 0.0947. The van der Waals surface area contributed by atoms with Crippen LogP contribution in [0.1, 0.15) is 16.2 Å². The lowest BCUT2D eigenvalue weighted by Crippen LogP contribution is -2.27. The molecule has 0 spiro atoms. The lowest BCUT2D eigenvalue weighted by Gasteiger charge is -2.08. The number of imidazole rings is 2. The van der Waals surface area contributed by atoms with Crippen molar-refractivity contribution in [3.63, 3.8) is 0 Å². The maximum atomic E-state index is 12.5. The number of aromatic nitrogens is 4. The second kappa shape index (κ2) is 6.60. The van der Waals surface area contributed by atoms with Gasteiger partial charge in [0.25, 0.3) is 5.91 Å². The predicted molar refractivity (Wildman–Crippen MR) is 94.8 cm³/mol. The van der Waals surface area contributed by atoms with Gasteiger partial charge in [-0.05, 0) is 24.3 Å². The Morgan fingerprint density at radius 1 is 1.08 bits per heavy atom. The standard InChI is InChI=1S/C19H17N5O/c25-19(17-12-20-14-24(17)16-6-2-1-3-7-16)21-10-9-15-13-23-11-5-4-8-18(23)22-15/h1-8,11-14H,9-10H2,(H,21,25). The normalized spacial score (nSPS) is 10.9. The summed E-state index contributed by atoms with van der Waals surface area (Å²) in [6, 6.07) is 15.6. The molecular formula is C19H17N5O. The molecule has 6 nitrogen and oxygen atoms in total. The molecule has 0 bridgehead atoms. The van der Waals surface area contributed by atoms with Gasteiger partial charge in [0.2, 0.25) is 0 Å². The van der Waals surface area contributed by atoms with Gasteiger partial charge in [0.05, 0.1) is 18.2 Å². The van der Waals surface area contributed by atoms with E-state index in [2.05, 4.69) is 15.3 Å². The van der Waals surface area contributed by atoms with Gasteiger partial charge in [-0.15, -0.1) is 0 Å². The number of para-hydroxylation sites is 1. The van der Waals surface area contributed by atoms with Crippen molar-refractivity contribution < 1.29 is 4.79 Å². The summed E-state index contributed by atoms with van der Waals surface area (Å²) < 4.78 is 3.75. The zero-order valence-corrected chi connectivity index (χ0v) is 13.5. The molecule has 0 fully saturated rings. The Bertz CT molecular complexity index is 970. The van der Waals surface area contributed by atoms with Crippen LogP contribution in [0, 0.1) is 0 Å². The molecule has 124 valence electrons. The minimum atomic E-state index is -0.148. The van der Waals surface area contributed by atoms with E-state index < -0.39 is 0 Å². The van der Waals surface area contributed by atoms with E-state index in [0.717, 1.165) is 17.0 Å². The van der Waals surface area contributed by atoms with Gasteiger partial charge in [-0.2, -0.15) is 0 Å². The highest BCUT2D eigenvalue weighted by Crippen LogP contribution is 2.10. The van der Waals surface area contributed by atoms with Crippen LogP contribution in [0.5, 0.6) is 0 Å². The Morgan fingerprint density at radius 3 is 2.76 bits per heavy atom. The average Bonchev–Trinajstić information content (AvgIpc) is 3.29. The molecule has 0 unspecified atom stereocenters. The summed E-state index contributed by atoms with van der Waals surface area (Å²) in [4.78, 5) is 21.1. The van der Waals surface area contributed by atoms with Crippen molar-refractivity contribution in [2.75, 3.05) is 6.54 Å². The number of nitrogens with zero attached hydrogens (tertiary/aromatic N) is 4. The summed E-state index contributed by atoms with van der Waals surface area (Å²) in [5, 5.41) is 2.94. The first-order valence-electron chi connectivity index (χ1n) is 8.10. The van der Waals surface area contributed by atoms with Gasteiger partial charge in [-0.3, -0.25) is 9.36 Å². The number of hydrogen-bond donors (Lipinski definition) is 1. The van der Waals surface area contributed by atoms with Crippen LogP contribution >= 0.6 is 0 Å². The number of carbonyl (C=O) groups is 1. The van der Waals surface area contributed by atoms with E-state index in [0.29, 0.717) is 18.7 Å². The third kappa shape index (κ3) is 3.14. The number of pyridine rings is 1. The highest BCUT2D eigenvalue weighted by atomic mass is 16.1. The quantitative estimate of drug-likeness (QED) is 0.611. The van der Waals surface area contributed by atoms with Gasteiger partial charge in [-0.25, -0.2) is 9.97 Å². The topological polar surface area (TPSA) is 64.2 Å². The molecule has 25 heavy (non-hydrogen) atoms. The van der Waals surface area contributed by atoms with Crippen molar-refractivity contribution in [1.29, 1.82) is 0 Å². The minimum absolute atomic E-state index is 0.148. The van der Waals surface area contributed by atoms with E-state index in [1.54, 1.807) is 17.1 Å². The van der Waals surface area contributed by atoms with Gasteiger partial charge in [0.1, 0.15) is 11.3 Å². The Kier molecular flexibility index (Phi) is 4.00. The van der Waals surface area contributed by atoms with Crippen LogP contribution in [0.4, 0.5) is 0 Å². The molecular weight excluding hydrogens is 314 g/mol. The summed E-state index contributed by atoms with van der Waals surface area (Å²) in [5.74, 6) is -0.148. The monoisotopic (exact) mass is 331 g/mol. The molecule has 0 saturated carbocycles. The predicted octanol–water partition coefficient (Wildman–Crippen LogP) is 2.49. The van der Waals surface area contributed by atoms with E-state index in [1.807, 2.05) is 65.3 Å². The number of fused-ring (bicyclic) bond motifs is 1. The first-order valence-corrected chi connectivity index (χ1v) is 8.10. The molecule has 1 amide bonds. The van der Waals surface area contributed by atoms with Crippen molar-refractivity contribution in [2.24, 2.45) is 0 Å². The van der Waals surface area contributed by atoms with Gasteiger partial charge in [0.15, 0.2) is 0 Å². The third-order valence-corrected chi connectivity index (χ3v) is 3.99. The van der Waals surface area contributed by atoms with E-state index >= 15 is 0 Å². The van der Waals surface area contributed by atoms with Gasteiger partial charge in [-0.1, -0.05) is 24.3 Å². The molecule has 0 aliphatic heterocycles. The number of carbonyl (C=O) groups excluding carboxylic acids is 1. The number of hydrogen-bond acceptors (Lipinski definition) is 3. The van der Waals surface area contributed by atoms with Crippen LogP contribution in [0.25, 0.3) is 11.3 Å². The molecule has 3 aromatic heterocycles. The number of nitrogens with one attached hydrogen (secondary N) is 1. The van der Waals surface area contributed by atoms with Crippen LogP contribution in [0.2, 0.25) is 0 Å². The molecule has 0 saturated heterocycles. The number of rotatable bonds is 5. The molecule has 1 aromatic carbocycles. The Hall–Kier alpha value is -3.41. The molecule has 0 radical (unpaired) electrons. The fourth-order valence-corrected chi connectivity index (χ4v) is 2.76. The zero-order chi connectivity index (χ0) is 17.1. The van der Waals surface area contributed by atoms with Crippen molar-refractivity contribution in [3.8, 4) is 5.69 Å². The molecule has 6 heteroatoms. The summed E-state index contributed by atoms with van der Waals surface area (Å²) in [7, 11) is 0. The summed E-state index contributed by atoms with van der Waals surface area (Å²) >= 11 is 0.